The number of hydrogen-bond acceptors (Lipinski definition) is 3. The number of hydrogen-bond donors (Lipinski definition) is 4. The molecule has 0 aliphatic rings. The predicted octanol–water partition coefficient (Wildman–Crippen LogP) is 1.82. The molecule has 0 aliphatic heterocycles. The van der Waals surface area contributed by atoms with Crippen molar-refractivity contribution in [2.24, 2.45) is 5.41 Å². The van der Waals surface area contributed by atoms with Crippen LogP contribution >= 0.6 is 0 Å². The minimum atomic E-state index is -1.43. The number of carbonyl (C=O) groups is 3. The third-order valence-corrected chi connectivity index (χ3v) is 3.17. The third kappa shape index (κ3) is 9.70. The molecule has 0 aromatic carbocycles. The van der Waals surface area contributed by atoms with Crippen LogP contribution < -0.4 is 10.6 Å². The molecule has 0 radical (unpaired) electrons. The lowest BCUT2D eigenvalue weighted by Gasteiger charge is -2.25. The molecule has 0 aromatic rings. The van der Waals surface area contributed by atoms with Crippen LogP contribution in [0.5, 0.6) is 0 Å². The first kappa shape index (κ1) is 19.2. The monoisotopic (exact) mass is 302 g/mol. The van der Waals surface area contributed by atoms with E-state index in [-0.39, 0.29) is 5.41 Å². The lowest BCUT2D eigenvalue weighted by molar-refractivity contribution is -0.145. The number of carboxylic acid groups (broad SMARTS) is 2. The zero-order valence-corrected chi connectivity index (χ0v) is 12.9. The van der Waals surface area contributed by atoms with Crippen molar-refractivity contribution in [3.05, 3.63) is 0 Å². The molecule has 0 unspecified atom stereocenters. The average molecular weight is 302 g/mol. The Morgan fingerprint density at radius 3 is 2.24 bits per heavy atom. The normalized spacial score (nSPS) is 12.5. The molecule has 1 atom stereocenters. The van der Waals surface area contributed by atoms with Gasteiger partial charge in [0, 0.05) is 6.54 Å². The first-order chi connectivity index (χ1) is 9.68. The van der Waals surface area contributed by atoms with Crippen molar-refractivity contribution in [2.45, 2.75) is 58.9 Å². The highest BCUT2D eigenvalue weighted by atomic mass is 16.4. The van der Waals surface area contributed by atoms with E-state index in [0.717, 1.165) is 25.7 Å². The summed E-state index contributed by atoms with van der Waals surface area (Å²) in [7, 11) is 0. The summed E-state index contributed by atoms with van der Waals surface area (Å²) in [4.78, 5) is 33.0. The topological polar surface area (TPSA) is 116 Å². The lowest BCUT2D eigenvalue weighted by atomic mass is 9.87. The first-order valence-electron chi connectivity index (χ1n) is 7.17. The average Bonchev–Trinajstić information content (AvgIpc) is 2.35. The second-order valence-electron chi connectivity index (χ2n) is 5.94. The van der Waals surface area contributed by atoms with Crippen LogP contribution in [0, 0.1) is 5.41 Å². The molecule has 0 heterocycles. The van der Waals surface area contributed by atoms with Crippen LogP contribution in [-0.4, -0.2) is 40.8 Å². The summed E-state index contributed by atoms with van der Waals surface area (Å²) in [6.07, 6.45) is 3.64. The molecule has 0 aromatic heterocycles. The molecule has 4 N–H and O–H groups in total. The van der Waals surface area contributed by atoms with Gasteiger partial charge in [0.15, 0.2) is 0 Å². The molecule has 0 saturated heterocycles. The van der Waals surface area contributed by atoms with Crippen molar-refractivity contribution in [1.29, 1.82) is 0 Å². The van der Waals surface area contributed by atoms with Gasteiger partial charge in [0.25, 0.3) is 0 Å². The van der Waals surface area contributed by atoms with Gasteiger partial charge in [-0.25, -0.2) is 9.59 Å². The smallest absolute Gasteiger partial charge is 0.326 e. The van der Waals surface area contributed by atoms with Gasteiger partial charge in [-0.05, 0) is 11.8 Å². The third-order valence-electron chi connectivity index (χ3n) is 3.17. The number of nitrogens with one attached hydrogen (secondary N) is 2. The van der Waals surface area contributed by atoms with Crippen LogP contribution in [0.15, 0.2) is 0 Å². The molecule has 0 aliphatic carbocycles. The molecule has 0 fully saturated rings. The van der Waals surface area contributed by atoms with Crippen LogP contribution in [0.25, 0.3) is 0 Å². The number of carbonyl (C=O) groups excluding carboxylic acids is 1. The van der Waals surface area contributed by atoms with Crippen LogP contribution in [0.1, 0.15) is 52.9 Å². The van der Waals surface area contributed by atoms with Crippen LogP contribution in [0.3, 0.4) is 0 Å². The minimum absolute atomic E-state index is 0.0853. The summed E-state index contributed by atoms with van der Waals surface area (Å²) in [5.41, 5.74) is -0.0853. The number of urea groups is 1. The Morgan fingerprint density at radius 2 is 1.76 bits per heavy atom. The molecule has 21 heavy (non-hydrogen) atoms. The van der Waals surface area contributed by atoms with Crippen molar-refractivity contribution in [3.63, 3.8) is 0 Å². The molecule has 0 saturated carbocycles. The van der Waals surface area contributed by atoms with Crippen molar-refractivity contribution in [3.8, 4) is 0 Å². The van der Waals surface area contributed by atoms with E-state index < -0.39 is 30.4 Å². The summed E-state index contributed by atoms with van der Waals surface area (Å²) >= 11 is 0. The Balaban J connectivity index is 4.22. The molecule has 0 rings (SSSR count). The number of amides is 2. The molecular formula is C14H26N2O5. The number of unbranched alkanes of at least 4 members (excludes halogenated alkanes) is 2. The predicted molar refractivity (Wildman–Crippen MR) is 78.1 cm³/mol. The number of aliphatic carboxylic acids is 2. The lowest BCUT2D eigenvalue weighted by Crippen LogP contribution is -2.48. The molecule has 0 bridgehead atoms. The van der Waals surface area contributed by atoms with Gasteiger partial charge in [0.05, 0.1) is 6.42 Å². The Kier molecular flexibility index (Phi) is 8.42. The van der Waals surface area contributed by atoms with Crippen molar-refractivity contribution in [1.82, 2.24) is 10.6 Å². The van der Waals surface area contributed by atoms with Crippen molar-refractivity contribution >= 4 is 18.0 Å². The van der Waals surface area contributed by atoms with Gasteiger partial charge in [-0.15, -0.1) is 0 Å². The van der Waals surface area contributed by atoms with E-state index in [1.807, 2.05) is 13.8 Å². The van der Waals surface area contributed by atoms with Gasteiger partial charge in [-0.3, -0.25) is 4.79 Å². The van der Waals surface area contributed by atoms with Gasteiger partial charge in [0.1, 0.15) is 6.04 Å². The maximum Gasteiger partial charge on any atom is 0.326 e. The second kappa shape index (κ2) is 9.20. The summed E-state index contributed by atoms with van der Waals surface area (Å²) < 4.78 is 0. The van der Waals surface area contributed by atoms with Crippen LogP contribution in [-0.2, 0) is 9.59 Å². The SMILES string of the molecule is CCCCCC(C)(C)CNC(=O)N[C@H](CC(=O)O)C(=O)O. The molecule has 7 nitrogen and oxygen atoms in total. The highest BCUT2D eigenvalue weighted by molar-refractivity contribution is 5.86. The van der Waals surface area contributed by atoms with E-state index in [2.05, 4.69) is 17.6 Å². The largest absolute Gasteiger partial charge is 0.481 e. The van der Waals surface area contributed by atoms with Gasteiger partial charge in [0.2, 0.25) is 0 Å². The zero-order chi connectivity index (χ0) is 16.5. The number of carboxylic acids is 2. The quantitative estimate of drug-likeness (QED) is 0.459. The fourth-order valence-electron chi connectivity index (χ4n) is 1.85. The summed E-state index contributed by atoms with van der Waals surface area (Å²) in [5, 5.41) is 22.2. The second-order valence-corrected chi connectivity index (χ2v) is 5.94. The van der Waals surface area contributed by atoms with E-state index >= 15 is 0 Å². The van der Waals surface area contributed by atoms with Gasteiger partial charge in [-0.1, -0.05) is 40.0 Å². The first-order valence-corrected chi connectivity index (χ1v) is 7.17. The summed E-state index contributed by atoms with van der Waals surface area (Å²) in [6, 6.07) is -2.09. The molecular weight excluding hydrogens is 276 g/mol. The minimum Gasteiger partial charge on any atom is -0.481 e. The highest BCUT2D eigenvalue weighted by Crippen LogP contribution is 2.22. The Morgan fingerprint density at radius 1 is 1.14 bits per heavy atom. The number of rotatable bonds is 10. The fourth-order valence-corrected chi connectivity index (χ4v) is 1.85. The molecule has 0 spiro atoms. The van der Waals surface area contributed by atoms with Gasteiger partial charge >= 0.3 is 18.0 Å². The van der Waals surface area contributed by atoms with E-state index in [4.69, 9.17) is 10.2 Å². The molecule has 122 valence electrons. The summed E-state index contributed by atoms with van der Waals surface area (Å²) in [5.74, 6) is -2.64. The van der Waals surface area contributed by atoms with Gasteiger partial charge in [-0.2, -0.15) is 0 Å². The standard InChI is InChI=1S/C14H26N2O5/c1-4-5-6-7-14(2,3)9-15-13(21)16-10(12(19)20)8-11(17)18/h10H,4-9H2,1-3H3,(H,17,18)(H,19,20)(H2,15,16,21)/t10-/m1/s1. The Hall–Kier alpha value is -1.79. The van der Waals surface area contributed by atoms with Crippen LogP contribution in [0.4, 0.5) is 4.79 Å². The molecule has 2 amide bonds. The summed E-state index contributed by atoms with van der Waals surface area (Å²) in [6.45, 7) is 6.57. The van der Waals surface area contributed by atoms with E-state index in [1.54, 1.807) is 0 Å². The van der Waals surface area contributed by atoms with E-state index in [9.17, 15) is 14.4 Å². The zero-order valence-electron chi connectivity index (χ0n) is 12.9. The van der Waals surface area contributed by atoms with Crippen molar-refractivity contribution in [2.75, 3.05) is 6.54 Å². The van der Waals surface area contributed by atoms with Crippen molar-refractivity contribution < 1.29 is 24.6 Å². The van der Waals surface area contributed by atoms with E-state index in [1.165, 1.54) is 0 Å². The maximum absolute atomic E-state index is 11.6. The molecule has 7 heteroatoms. The maximum atomic E-state index is 11.6. The highest BCUT2D eigenvalue weighted by Gasteiger charge is 2.24. The fraction of sp³-hybridized carbons (Fsp3) is 0.786. The van der Waals surface area contributed by atoms with Gasteiger partial charge < -0.3 is 20.8 Å². The Labute approximate surface area is 125 Å². The Bertz CT molecular complexity index is 368. The van der Waals surface area contributed by atoms with Crippen LogP contribution in [0.2, 0.25) is 0 Å². The van der Waals surface area contributed by atoms with E-state index in [0.29, 0.717) is 6.54 Å².